The van der Waals surface area contributed by atoms with Crippen LogP contribution in [0.2, 0.25) is 0 Å². The van der Waals surface area contributed by atoms with Gasteiger partial charge in [-0.1, -0.05) is 36.4 Å². The van der Waals surface area contributed by atoms with Crippen LogP contribution in [0.25, 0.3) is 0 Å². The topological polar surface area (TPSA) is 40.6 Å². The molecule has 2 aromatic rings. The minimum Gasteiger partial charge on any atom is -0.296 e. The summed E-state index contributed by atoms with van der Waals surface area (Å²) in [5.41, 5.74) is 3.86. The Morgan fingerprint density at radius 2 is 1.81 bits per heavy atom. The maximum Gasteiger partial charge on any atom is 0.243 e. The number of rotatable bonds is 4. The molecule has 2 aliphatic rings. The fourth-order valence-electron chi connectivity index (χ4n) is 4.56. The average Bonchev–Trinajstić information content (AvgIpc) is 3.17. The van der Waals surface area contributed by atoms with Gasteiger partial charge in [-0.3, -0.25) is 4.90 Å². The number of fused-ring (bicyclic) bond motifs is 1. The molecule has 0 N–H and O–H groups in total. The highest BCUT2D eigenvalue weighted by atomic mass is 32.2. The highest BCUT2D eigenvalue weighted by molar-refractivity contribution is 7.89. The van der Waals surface area contributed by atoms with Crippen molar-refractivity contribution in [3.63, 3.8) is 0 Å². The molecule has 2 atom stereocenters. The van der Waals surface area contributed by atoms with Crippen molar-refractivity contribution in [2.24, 2.45) is 0 Å². The summed E-state index contributed by atoms with van der Waals surface area (Å²) >= 11 is 0. The average molecular weight is 385 g/mol. The third kappa shape index (κ3) is 3.68. The summed E-state index contributed by atoms with van der Waals surface area (Å²) in [5.74, 6) is 0. The Hall–Kier alpha value is -1.69. The van der Waals surface area contributed by atoms with Crippen LogP contribution in [0.4, 0.5) is 0 Å². The van der Waals surface area contributed by atoms with E-state index in [-0.39, 0.29) is 6.04 Å². The Labute approximate surface area is 162 Å². The predicted molar refractivity (Wildman–Crippen MR) is 108 cm³/mol. The van der Waals surface area contributed by atoms with Crippen molar-refractivity contribution in [3.8, 4) is 0 Å². The molecule has 2 aromatic carbocycles. The molecule has 144 valence electrons. The van der Waals surface area contributed by atoms with Gasteiger partial charge in [0.25, 0.3) is 0 Å². The molecule has 4 rings (SSSR count). The van der Waals surface area contributed by atoms with Gasteiger partial charge >= 0.3 is 0 Å². The number of sulfonamides is 1. The molecule has 0 aromatic heterocycles. The van der Waals surface area contributed by atoms with Crippen molar-refractivity contribution in [1.29, 1.82) is 0 Å². The van der Waals surface area contributed by atoms with E-state index in [1.807, 2.05) is 19.1 Å². The van der Waals surface area contributed by atoms with E-state index in [1.54, 1.807) is 23.5 Å². The summed E-state index contributed by atoms with van der Waals surface area (Å²) in [7, 11) is -1.69. The Balaban J connectivity index is 1.45. The lowest BCUT2D eigenvalue weighted by atomic mass is 9.98. The predicted octanol–water partition coefficient (Wildman–Crippen LogP) is 3.59. The van der Waals surface area contributed by atoms with E-state index < -0.39 is 10.0 Å². The molecule has 0 saturated heterocycles. The lowest BCUT2D eigenvalue weighted by Gasteiger charge is -2.34. The fourth-order valence-corrected chi connectivity index (χ4v) is 6.07. The number of nitrogens with zero attached hydrogens (tertiary/aromatic N) is 2. The van der Waals surface area contributed by atoms with Gasteiger partial charge in [-0.15, -0.1) is 0 Å². The summed E-state index contributed by atoms with van der Waals surface area (Å²) in [4.78, 5) is 2.95. The molecule has 0 spiro atoms. The van der Waals surface area contributed by atoms with Gasteiger partial charge in [-0.2, -0.15) is 4.31 Å². The molecule has 27 heavy (non-hydrogen) atoms. The zero-order valence-corrected chi connectivity index (χ0v) is 17.0. The van der Waals surface area contributed by atoms with Gasteiger partial charge in [-0.05, 0) is 61.4 Å². The van der Waals surface area contributed by atoms with E-state index in [0.29, 0.717) is 10.9 Å². The summed E-state index contributed by atoms with van der Waals surface area (Å²) < 4.78 is 27.7. The van der Waals surface area contributed by atoms with Crippen LogP contribution < -0.4 is 0 Å². The normalized spacial score (nSPS) is 23.5. The molecule has 0 unspecified atom stereocenters. The molecule has 1 fully saturated rings. The number of hydrogen-bond donors (Lipinski definition) is 0. The number of aryl methyl sites for hydroxylation is 1. The van der Waals surface area contributed by atoms with Gasteiger partial charge in [0.2, 0.25) is 10.0 Å². The second-order valence-corrected chi connectivity index (χ2v) is 9.95. The zero-order valence-electron chi connectivity index (χ0n) is 16.1. The van der Waals surface area contributed by atoms with Gasteiger partial charge in [0.15, 0.2) is 0 Å². The van der Waals surface area contributed by atoms with Gasteiger partial charge in [0, 0.05) is 32.2 Å². The van der Waals surface area contributed by atoms with E-state index in [0.717, 1.165) is 44.3 Å². The van der Waals surface area contributed by atoms with Crippen LogP contribution in [0, 0.1) is 6.92 Å². The summed E-state index contributed by atoms with van der Waals surface area (Å²) in [6, 6.07) is 16.4. The molecule has 4 nitrogen and oxygen atoms in total. The SMILES string of the molecule is Cc1cccc(S(=O)(=O)N(C)[C@H]2CC[C@@H](N3CCc4ccccc4C3)C2)c1. The van der Waals surface area contributed by atoms with Gasteiger partial charge in [-0.25, -0.2) is 8.42 Å². The monoisotopic (exact) mass is 384 g/mol. The van der Waals surface area contributed by atoms with E-state index >= 15 is 0 Å². The van der Waals surface area contributed by atoms with E-state index in [1.165, 1.54) is 11.1 Å². The third-order valence-corrected chi connectivity index (χ3v) is 8.14. The highest BCUT2D eigenvalue weighted by Crippen LogP contribution is 2.33. The Bertz CT molecular complexity index is 925. The quantitative estimate of drug-likeness (QED) is 0.809. The molecule has 0 amide bonds. The van der Waals surface area contributed by atoms with Gasteiger partial charge in [0.05, 0.1) is 4.90 Å². The molecule has 1 aliphatic heterocycles. The molecule has 1 aliphatic carbocycles. The minimum atomic E-state index is -3.43. The van der Waals surface area contributed by atoms with Crippen LogP contribution >= 0.6 is 0 Å². The van der Waals surface area contributed by atoms with E-state index in [4.69, 9.17) is 0 Å². The van der Waals surface area contributed by atoms with Gasteiger partial charge in [0.1, 0.15) is 0 Å². The van der Waals surface area contributed by atoms with Crippen molar-refractivity contribution >= 4 is 10.0 Å². The zero-order chi connectivity index (χ0) is 19.0. The van der Waals surface area contributed by atoms with Gasteiger partial charge < -0.3 is 0 Å². The maximum atomic E-state index is 13.0. The molecular formula is C22H28N2O2S. The summed E-state index contributed by atoms with van der Waals surface area (Å²) in [6.45, 7) is 3.99. The van der Waals surface area contributed by atoms with E-state index in [9.17, 15) is 8.42 Å². The number of benzene rings is 2. The van der Waals surface area contributed by atoms with Crippen LogP contribution in [-0.4, -0.2) is 43.3 Å². The maximum absolute atomic E-state index is 13.0. The fraction of sp³-hybridized carbons (Fsp3) is 0.455. The first-order valence-corrected chi connectivity index (χ1v) is 11.2. The highest BCUT2D eigenvalue weighted by Gasteiger charge is 2.37. The van der Waals surface area contributed by atoms with E-state index in [2.05, 4.69) is 29.2 Å². The van der Waals surface area contributed by atoms with Crippen LogP contribution in [-0.2, 0) is 23.0 Å². The first-order valence-electron chi connectivity index (χ1n) is 9.80. The second-order valence-electron chi connectivity index (χ2n) is 7.95. The molecule has 0 bridgehead atoms. The summed E-state index contributed by atoms with van der Waals surface area (Å²) in [6.07, 6.45) is 4.02. The molecule has 0 radical (unpaired) electrons. The Morgan fingerprint density at radius 1 is 1.04 bits per heavy atom. The van der Waals surface area contributed by atoms with Crippen LogP contribution in [0.5, 0.6) is 0 Å². The Kier molecular flexibility index (Phi) is 5.10. The molecular weight excluding hydrogens is 356 g/mol. The Morgan fingerprint density at radius 3 is 2.59 bits per heavy atom. The smallest absolute Gasteiger partial charge is 0.243 e. The van der Waals surface area contributed by atoms with Crippen LogP contribution in [0.1, 0.15) is 36.0 Å². The van der Waals surface area contributed by atoms with Crippen molar-refractivity contribution in [3.05, 3.63) is 65.2 Å². The lowest BCUT2D eigenvalue weighted by molar-refractivity contribution is 0.175. The largest absolute Gasteiger partial charge is 0.296 e. The standard InChI is InChI=1S/C22H28N2O2S/c1-17-6-5-9-22(14-17)27(25,26)23(2)20-10-11-21(15-20)24-13-12-18-7-3-4-8-19(18)16-24/h3-9,14,20-21H,10-13,15-16H2,1-2H3/t20-,21+/m0/s1. The lowest BCUT2D eigenvalue weighted by Crippen LogP contribution is -2.40. The first kappa shape index (κ1) is 18.7. The van der Waals surface area contributed by atoms with Crippen molar-refractivity contribution in [2.75, 3.05) is 13.6 Å². The number of hydrogen-bond acceptors (Lipinski definition) is 3. The minimum absolute atomic E-state index is 0.0812. The van der Waals surface area contributed by atoms with Crippen molar-refractivity contribution in [2.45, 2.75) is 56.1 Å². The second kappa shape index (κ2) is 7.38. The molecule has 5 heteroatoms. The van der Waals surface area contributed by atoms with Crippen LogP contribution in [0.15, 0.2) is 53.4 Å². The van der Waals surface area contributed by atoms with Crippen molar-refractivity contribution in [1.82, 2.24) is 9.21 Å². The first-order chi connectivity index (χ1) is 12.9. The molecule has 1 heterocycles. The third-order valence-electron chi connectivity index (χ3n) is 6.23. The molecule has 1 saturated carbocycles. The van der Waals surface area contributed by atoms with Crippen LogP contribution in [0.3, 0.4) is 0 Å². The summed E-state index contributed by atoms with van der Waals surface area (Å²) in [5, 5.41) is 0. The van der Waals surface area contributed by atoms with Crippen molar-refractivity contribution < 1.29 is 8.42 Å².